The number of hydrogen-bond donors (Lipinski definition) is 1. The molecule has 0 saturated heterocycles. The molecule has 0 radical (unpaired) electrons. The van der Waals surface area contributed by atoms with Crippen molar-refractivity contribution >= 4 is 0 Å². The van der Waals surface area contributed by atoms with E-state index in [0.717, 1.165) is 29.6 Å². The maximum absolute atomic E-state index is 9.35. The average Bonchev–Trinajstić information content (AvgIpc) is 3.72. The Kier molecular flexibility index (Phi) is 25.4. The molecule has 54 heavy (non-hydrogen) atoms. The van der Waals surface area contributed by atoms with Crippen molar-refractivity contribution in [1.29, 1.82) is 0 Å². The lowest BCUT2D eigenvalue weighted by Crippen LogP contribution is -2.25. The molecule has 0 atom stereocenters. The summed E-state index contributed by atoms with van der Waals surface area (Å²) in [6.07, 6.45) is 21.1. The predicted molar refractivity (Wildman–Crippen MR) is 252 cm³/mol. The van der Waals surface area contributed by atoms with Gasteiger partial charge in [-0.1, -0.05) is 211 Å². The minimum atomic E-state index is -0.516. The van der Waals surface area contributed by atoms with E-state index in [2.05, 4.69) is 166 Å². The molecule has 0 aromatic carbocycles. The molecule has 0 spiro atoms. The highest BCUT2D eigenvalue weighted by Crippen LogP contribution is 2.52. The van der Waals surface area contributed by atoms with Gasteiger partial charge in [-0.15, -0.1) is 0 Å². The Morgan fingerprint density at radius 3 is 0.889 bits per heavy atom. The Hall–Kier alpha value is -0.0400. The molecule has 1 nitrogen and oxygen atoms in total. The highest BCUT2D eigenvalue weighted by Gasteiger charge is 2.40. The molecular formula is C53H112O. The van der Waals surface area contributed by atoms with Crippen LogP contribution >= 0.6 is 0 Å². The molecule has 1 heteroatoms. The van der Waals surface area contributed by atoms with Crippen molar-refractivity contribution in [3.8, 4) is 0 Å². The van der Waals surface area contributed by atoms with E-state index in [1.165, 1.54) is 89.9 Å². The molecule has 0 bridgehead atoms. The van der Waals surface area contributed by atoms with Crippen LogP contribution in [0.3, 0.4) is 0 Å². The van der Waals surface area contributed by atoms with Gasteiger partial charge in [-0.25, -0.2) is 0 Å². The molecule has 3 rings (SSSR count). The van der Waals surface area contributed by atoms with Crippen LogP contribution in [-0.2, 0) is 0 Å². The summed E-state index contributed by atoms with van der Waals surface area (Å²) in [6.45, 7) is 58.7. The Balaban J connectivity index is -0.000000580. The topological polar surface area (TPSA) is 20.2 Å². The van der Waals surface area contributed by atoms with Crippen LogP contribution in [0.15, 0.2) is 0 Å². The largest absolute Gasteiger partial charge is 0.390 e. The smallest absolute Gasteiger partial charge is 0.0596 e. The average molecular weight is 765 g/mol. The van der Waals surface area contributed by atoms with Gasteiger partial charge < -0.3 is 5.11 Å². The van der Waals surface area contributed by atoms with Gasteiger partial charge in [0.05, 0.1) is 5.60 Å². The van der Waals surface area contributed by atoms with Gasteiger partial charge in [-0.3, -0.25) is 0 Å². The molecule has 0 aliphatic heterocycles. The first-order valence-electron chi connectivity index (χ1n) is 23.1. The van der Waals surface area contributed by atoms with E-state index in [0.29, 0.717) is 32.5 Å². The number of rotatable bonds is 5. The van der Waals surface area contributed by atoms with Gasteiger partial charge in [0.2, 0.25) is 0 Å². The highest BCUT2D eigenvalue weighted by atomic mass is 16.3. The van der Waals surface area contributed by atoms with Gasteiger partial charge in [-0.2, -0.15) is 0 Å². The summed E-state index contributed by atoms with van der Waals surface area (Å²) in [5, 5.41) is 9.35. The zero-order chi connectivity index (χ0) is 43.8. The standard InChI is InChI=1S/C11H22.C9H18.C9H20.C8H18O.C8H16.C8H18/c1-11(2,3)9-10-7-5-4-6-8-10;1-8(2,3)7-9(4)5-6-9;1-8(2,3)7-9(4,5)6;1-7(2,3)6-8(4,5)9;1-8(2,3)6-7-4-5-7;1-7(2)6-8(3,4)5/h10H,4-9H2,1-3H3;5-7H2,1-4H3;7H2,1-6H3;9H,6H2,1-5H3;7H,4-6H2,1-3H3;7H,6H2,1-5H3. The number of hydrogen-bond acceptors (Lipinski definition) is 1. The van der Waals surface area contributed by atoms with Crippen molar-refractivity contribution in [2.45, 2.75) is 282 Å². The zero-order valence-electron chi connectivity index (χ0n) is 43.3. The van der Waals surface area contributed by atoms with Crippen LogP contribution in [0.5, 0.6) is 0 Å². The van der Waals surface area contributed by atoms with Crippen molar-refractivity contribution in [3.05, 3.63) is 0 Å². The second kappa shape index (κ2) is 23.5. The molecule has 3 fully saturated rings. The maximum atomic E-state index is 9.35. The van der Waals surface area contributed by atoms with Crippen LogP contribution in [0.25, 0.3) is 0 Å². The Morgan fingerprint density at radius 1 is 0.444 bits per heavy atom. The summed E-state index contributed by atoms with van der Waals surface area (Å²) in [4.78, 5) is 0. The molecule has 1 N–H and O–H groups in total. The summed E-state index contributed by atoms with van der Waals surface area (Å²) in [5.41, 5.74) is 3.63. The predicted octanol–water partition coefficient (Wildman–Crippen LogP) is 18.8. The first kappa shape index (κ1) is 58.3. The molecule has 3 saturated carbocycles. The zero-order valence-corrected chi connectivity index (χ0v) is 43.3. The summed E-state index contributed by atoms with van der Waals surface area (Å²) >= 11 is 0. The number of aliphatic hydroxyl groups is 1. The van der Waals surface area contributed by atoms with E-state index in [1.807, 2.05) is 13.8 Å². The molecule has 3 aliphatic rings. The SMILES string of the molecule is CC(C)(C)CC(C)(C)C.CC(C)(C)CC(C)(C)O.CC(C)(C)CC1(C)CC1.CC(C)(C)CC1CC1.CC(C)(C)CC1CCCCC1.CC(C)CC(C)(C)C. The van der Waals surface area contributed by atoms with Crippen molar-refractivity contribution in [2.75, 3.05) is 0 Å². The highest BCUT2D eigenvalue weighted by molar-refractivity contribution is 4.91. The van der Waals surface area contributed by atoms with Gasteiger partial charge >= 0.3 is 0 Å². The van der Waals surface area contributed by atoms with Gasteiger partial charge in [0.25, 0.3) is 0 Å². The molecule has 0 heterocycles. The monoisotopic (exact) mass is 765 g/mol. The van der Waals surface area contributed by atoms with Crippen molar-refractivity contribution in [3.63, 3.8) is 0 Å². The van der Waals surface area contributed by atoms with E-state index in [4.69, 9.17) is 0 Å². The first-order valence-corrected chi connectivity index (χ1v) is 23.1. The fourth-order valence-corrected chi connectivity index (χ4v) is 9.23. The minimum Gasteiger partial charge on any atom is -0.390 e. The van der Waals surface area contributed by atoms with Gasteiger partial charge in [0.1, 0.15) is 0 Å². The lowest BCUT2D eigenvalue weighted by molar-refractivity contribution is 0.0371. The maximum Gasteiger partial charge on any atom is 0.0596 e. The van der Waals surface area contributed by atoms with Gasteiger partial charge in [0.15, 0.2) is 0 Å². The quantitative estimate of drug-likeness (QED) is 0.296. The summed E-state index contributed by atoms with van der Waals surface area (Å²) < 4.78 is 0. The van der Waals surface area contributed by atoms with Crippen molar-refractivity contribution in [1.82, 2.24) is 0 Å². The first-order chi connectivity index (χ1) is 23.4. The normalized spacial score (nSPS) is 18.2. The van der Waals surface area contributed by atoms with E-state index in [1.54, 1.807) is 0 Å². The Morgan fingerprint density at radius 2 is 0.778 bits per heavy atom. The lowest BCUT2D eigenvalue weighted by Gasteiger charge is -2.28. The molecule has 0 aromatic rings. The second-order valence-corrected chi connectivity index (χ2v) is 28.5. The Bertz CT molecular complexity index is 800. The second-order valence-electron chi connectivity index (χ2n) is 28.5. The van der Waals surface area contributed by atoms with Crippen LogP contribution in [0.1, 0.15) is 276 Å². The third kappa shape index (κ3) is 56.3. The van der Waals surface area contributed by atoms with Crippen LogP contribution in [0.2, 0.25) is 0 Å². The summed E-state index contributed by atoms with van der Waals surface area (Å²) in [5.74, 6) is 2.98. The molecular weight excluding hydrogens is 653 g/mol. The minimum absolute atomic E-state index is 0.234. The molecule has 0 amide bonds. The van der Waals surface area contributed by atoms with Crippen molar-refractivity contribution < 1.29 is 5.11 Å². The van der Waals surface area contributed by atoms with E-state index in [9.17, 15) is 5.11 Å². The van der Waals surface area contributed by atoms with Crippen LogP contribution in [0.4, 0.5) is 0 Å². The lowest BCUT2D eigenvalue weighted by atomic mass is 9.78. The fourth-order valence-electron chi connectivity index (χ4n) is 9.23. The molecule has 0 aromatic heterocycles. The summed E-state index contributed by atoms with van der Waals surface area (Å²) in [6, 6.07) is 0. The molecule has 0 unspecified atom stereocenters. The third-order valence-corrected chi connectivity index (χ3v) is 9.33. The van der Waals surface area contributed by atoms with Gasteiger partial charge in [-0.05, 0) is 126 Å². The van der Waals surface area contributed by atoms with Crippen molar-refractivity contribution in [2.24, 2.45) is 61.1 Å². The third-order valence-electron chi connectivity index (χ3n) is 9.33. The van der Waals surface area contributed by atoms with E-state index >= 15 is 0 Å². The van der Waals surface area contributed by atoms with E-state index in [-0.39, 0.29) is 5.41 Å². The fraction of sp³-hybridized carbons (Fsp3) is 1.00. The van der Waals surface area contributed by atoms with Crippen LogP contribution in [-0.4, -0.2) is 10.7 Å². The molecule has 330 valence electrons. The van der Waals surface area contributed by atoms with Crippen LogP contribution in [0, 0.1) is 61.1 Å². The molecule has 3 aliphatic carbocycles. The summed E-state index contributed by atoms with van der Waals surface area (Å²) in [7, 11) is 0. The van der Waals surface area contributed by atoms with Crippen LogP contribution < -0.4 is 0 Å². The Labute approximate surface area is 347 Å². The van der Waals surface area contributed by atoms with Gasteiger partial charge in [0, 0.05) is 0 Å². The van der Waals surface area contributed by atoms with E-state index < -0.39 is 5.60 Å².